The maximum atomic E-state index is 11.5. The van der Waals surface area contributed by atoms with Crippen LogP contribution in [0, 0.1) is 0 Å². The molecule has 1 aromatic carbocycles. The zero-order chi connectivity index (χ0) is 15.5. The van der Waals surface area contributed by atoms with E-state index in [1.807, 2.05) is 6.92 Å². The molecule has 0 spiro atoms. The fraction of sp³-hybridized carbons (Fsp3) is 0.562. The smallest absolute Gasteiger partial charge is 0.306 e. The number of rotatable bonds is 4. The minimum atomic E-state index is -1.04. The number of halogens is 2. The largest absolute Gasteiger partial charge is 0.462 e. The molecule has 21 heavy (non-hydrogen) atoms. The molecule has 0 heterocycles. The zero-order valence-corrected chi connectivity index (χ0v) is 13.6. The molecule has 1 aromatic rings. The summed E-state index contributed by atoms with van der Waals surface area (Å²) in [6, 6.07) is 5.22. The van der Waals surface area contributed by atoms with E-state index < -0.39 is 5.60 Å². The summed E-state index contributed by atoms with van der Waals surface area (Å²) in [4.78, 5) is 11.5. The molecule has 0 bridgehead atoms. The maximum absolute atomic E-state index is 11.5. The number of ether oxygens (including phenoxy) is 1. The molecular formula is C16H20Cl2O3. The van der Waals surface area contributed by atoms with Gasteiger partial charge in [0.05, 0.1) is 5.60 Å². The summed E-state index contributed by atoms with van der Waals surface area (Å²) < 4.78 is 5.41. The molecule has 1 aliphatic carbocycles. The van der Waals surface area contributed by atoms with E-state index in [2.05, 4.69) is 0 Å². The van der Waals surface area contributed by atoms with Crippen molar-refractivity contribution >= 4 is 29.2 Å². The third-order valence-electron chi connectivity index (χ3n) is 3.94. The van der Waals surface area contributed by atoms with Gasteiger partial charge in [0.1, 0.15) is 6.10 Å². The second-order valence-electron chi connectivity index (χ2n) is 5.57. The Hall–Kier alpha value is -0.770. The fourth-order valence-electron chi connectivity index (χ4n) is 2.83. The molecule has 0 aromatic heterocycles. The molecule has 0 radical (unpaired) electrons. The molecule has 3 nitrogen and oxygen atoms in total. The standard InChI is InChI=1S/C16H20Cl2O3/c1-2-4-14(19)21-11-7-9-16(20,10-8-11)15-12(17)5-3-6-13(15)18/h3,5-6,11,20H,2,4,7-10H2,1H3. The van der Waals surface area contributed by atoms with Crippen molar-refractivity contribution in [2.75, 3.05) is 0 Å². The van der Waals surface area contributed by atoms with Crippen molar-refractivity contribution in [3.63, 3.8) is 0 Å². The first-order valence-electron chi connectivity index (χ1n) is 7.32. The van der Waals surface area contributed by atoms with E-state index >= 15 is 0 Å². The van der Waals surface area contributed by atoms with Gasteiger partial charge in [0.25, 0.3) is 0 Å². The summed E-state index contributed by atoms with van der Waals surface area (Å²) >= 11 is 12.4. The number of benzene rings is 1. The van der Waals surface area contributed by atoms with Crippen LogP contribution >= 0.6 is 23.2 Å². The van der Waals surface area contributed by atoms with Crippen LogP contribution in [-0.2, 0) is 15.1 Å². The molecule has 1 saturated carbocycles. The van der Waals surface area contributed by atoms with Gasteiger partial charge in [0.2, 0.25) is 0 Å². The Morgan fingerprint density at radius 1 is 1.33 bits per heavy atom. The van der Waals surface area contributed by atoms with Gasteiger partial charge in [-0.3, -0.25) is 4.79 Å². The summed E-state index contributed by atoms with van der Waals surface area (Å²) in [6.45, 7) is 1.94. The van der Waals surface area contributed by atoms with Gasteiger partial charge in [0.15, 0.2) is 0 Å². The van der Waals surface area contributed by atoms with E-state index in [1.54, 1.807) is 18.2 Å². The van der Waals surface area contributed by atoms with Crippen molar-refractivity contribution in [3.8, 4) is 0 Å². The number of aliphatic hydroxyl groups is 1. The Bertz CT molecular complexity index is 488. The molecule has 0 atom stereocenters. The summed E-state index contributed by atoms with van der Waals surface area (Å²) in [5, 5.41) is 11.8. The highest BCUT2D eigenvalue weighted by Crippen LogP contribution is 2.43. The van der Waals surface area contributed by atoms with E-state index in [4.69, 9.17) is 27.9 Å². The number of hydrogen-bond acceptors (Lipinski definition) is 3. The van der Waals surface area contributed by atoms with Crippen molar-refractivity contribution in [2.24, 2.45) is 0 Å². The van der Waals surface area contributed by atoms with Crippen molar-refractivity contribution in [2.45, 2.75) is 57.2 Å². The lowest BCUT2D eigenvalue weighted by molar-refractivity contribution is -0.153. The molecular weight excluding hydrogens is 311 g/mol. The summed E-state index contributed by atoms with van der Waals surface area (Å²) in [5.41, 5.74) is -0.449. The van der Waals surface area contributed by atoms with Crippen molar-refractivity contribution in [3.05, 3.63) is 33.8 Å². The predicted molar refractivity (Wildman–Crippen MR) is 83.6 cm³/mol. The minimum Gasteiger partial charge on any atom is -0.462 e. The highest BCUT2D eigenvalue weighted by molar-refractivity contribution is 6.36. The molecule has 1 fully saturated rings. The first-order chi connectivity index (χ1) is 9.96. The monoisotopic (exact) mass is 330 g/mol. The Balaban J connectivity index is 2.04. The number of carbonyl (C=O) groups is 1. The van der Waals surface area contributed by atoms with Crippen LogP contribution < -0.4 is 0 Å². The van der Waals surface area contributed by atoms with E-state index in [0.717, 1.165) is 6.42 Å². The van der Waals surface area contributed by atoms with E-state index in [1.165, 1.54) is 0 Å². The van der Waals surface area contributed by atoms with Gasteiger partial charge in [-0.2, -0.15) is 0 Å². The Morgan fingerprint density at radius 3 is 2.43 bits per heavy atom. The Labute approximate surface area is 135 Å². The maximum Gasteiger partial charge on any atom is 0.306 e. The van der Waals surface area contributed by atoms with Crippen molar-refractivity contribution in [1.82, 2.24) is 0 Å². The first kappa shape index (κ1) is 16.6. The zero-order valence-electron chi connectivity index (χ0n) is 12.1. The number of carbonyl (C=O) groups excluding carboxylic acids is 1. The fourth-order valence-corrected chi connectivity index (χ4v) is 3.58. The van der Waals surface area contributed by atoms with Gasteiger partial charge in [-0.1, -0.05) is 36.2 Å². The topological polar surface area (TPSA) is 46.5 Å². The SMILES string of the molecule is CCCC(=O)OC1CCC(O)(c2c(Cl)cccc2Cl)CC1. The van der Waals surface area contributed by atoms with E-state index in [0.29, 0.717) is 47.7 Å². The molecule has 0 aliphatic heterocycles. The molecule has 116 valence electrons. The summed E-state index contributed by atoms with van der Waals surface area (Å²) in [5.74, 6) is -0.163. The van der Waals surface area contributed by atoms with Crippen LogP contribution in [0.25, 0.3) is 0 Å². The quantitative estimate of drug-likeness (QED) is 0.828. The van der Waals surface area contributed by atoms with Crippen LogP contribution in [0.4, 0.5) is 0 Å². The predicted octanol–water partition coefficient (Wildman–Crippen LogP) is 4.47. The van der Waals surface area contributed by atoms with Gasteiger partial charge >= 0.3 is 5.97 Å². The number of hydrogen-bond donors (Lipinski definition) is 1. The second kappa shape index (κ2) is 6.99. The average Bonchev–Trinajstić information content (AvgIpc) is 2.42. The van der Waals surface area contributed by atoms with Gasteiger partial charge in [-0.15, -0.1) is 0 Å². The summed E-state index contributed by atoms with van der Waals surface area (Å²) in [6.07, 6.45) is 3.31. The van der Waals surface area contributed by atoms with E-state index in [9.17, 15) is 9.90 Å². The number of esters is 1. The molecule has 1 aliphatic rings. The molecule has 1 N–H and O–H groups in total. The van der Waals surface area contributed by atoms with Crippen LogP contribution in [0.15, 0.2) is 18.2 Å². The van der Waals surface area contributed by atoms with Crippen LogP contribution in [0.3, 0.4) is 0 Å². The molecule has 0 amide bonds. The van der Waals surface area contributed by atoms with Crippen LogP contribution in [0.5, 0.6) is 0 Å². The average molecular weight is 331 g/mol. The lowest BCUT2D eigenvalue weighted by atomic mass is 9.78. The van der Waals surface area contributed by atoms with Crippen LogP contribution in [-0.4, -0.2) is 17.2 Å². The molecule has 0 unspecified atom stereocenters. The van der Waals surface area contributed by atoms with Crippen LogP contribution in [0.1, 0.15) is 51.0 Å². The van der Waals surface area contributed by atoms with Crippen LogP contribution in [0.2, 0.25) is 10.0 Å². The molecule has 5 heteroatoms. The van der Waals surface area contributed by atoms with Gasteiger partial charge in [0, 0.05) is 22.0 Å². The first-order valence-corrected chi connectivity index (χ1v) is 8.08. The van der Waals surface area contributed by atoms with Crippen molar-refractivity contribution in [1.29, 1.82) is 0 Å². The lowest BCUT2D eigenvalue weighted by Crippen LogP contribution is -2.35. The third-order valence-corrected chi connectivity index (χ3v) is 4.57. The van der Waals surface area contributed by atoms with Gasteiger partial charge in [-0.25, -0.2) is 0 Å². The van der Waals surface area contributed by atoms with Gasteiger partial charge < -0.3 is 9.84 Å². The Morgan fingerprint density at radius 2 is 1.90 bits per heavy atom. The highest BCUT2D eigenvalue weighted by Gasteiger charge is 2.38. The third kappa shape index (κ3) is 3.91. The van der Waals surface area contributed by atoms with E-state index in [-0.39, 0.29) is 12.1 Å². The molecule has 2 rings (SSSR count). The summed E-state index contributed by atoms with van der Waals surface area (Å²) in [7, 11) is 0. The molecule has 0 saturated heterocycles. The Kier molecular flexibility index (Phi) is 5.53. The minimum absolute atomic E-state index is 0.120. The van der Waals surface area contributed by atoms with Crippen molar-refractivity contribution < 1.29 is 14.6 Å². The second-order valence-corrected chi connectivity index (χ2v) is 6.38. The van der Waals surface area contributed by atoms with Gasteiger partial charge in [-0.05, 0) is 44.2 Å². The highest BCUT2D eigenvalue weighted by atomic mass is 35.5. The normalized spacial score (nSPS) is 25.6. The lowest BCUT2D eigenvalue weighted by Gasteiger charge is -2.37.